The molecule has 2 aliphatic heterocycles. The minimum absolute atomic E-state index is 0.130. The van der Waals surface area contributed by atoms with E-state index in [0.717, 1.165) is 16.7 Å². The summed E-state index contributed by atoms with van der Waals surface area (Å²) in [4.78, 5) is 40.1. The molecule has 182 valence electrons. The van der Waals surface area contributed by atoms with Gasteiger partial charge < -0.3 is 15.2 Å². The lowest BCUT2D eigenvalue weighted by atomic mass is 10.0. The van der Waals surface area contributed by atoms with Crippen LogP contribution in [0.3, 0.4) is 0 Å². The highest BCUT2D eigenvalue weighted by atomic mass is 32.2. The summed E-state index contributed by atoms with van der Waals surface area (Å²) in [6.07, 6.45) is -0.570. The molecule has 2 amide bonds. The van der Waals surface area contributed by atoms with Crippen LogP contribution in [0.25, 0.3) is 0 Å². The second-order valence-electron chi connectivity index (χ2n) is 8.52. The van der Waals surface area contributed by atoms with Crippen LogP contribution in [0, 0.1) is 0 Å². The van der Waals surface area contributed by atoms with Gasteiger partial charge in [-0.05, 0) is 16.7 Å². The Kier molecular flexibility index (Phi) is 6.77. The smallest absolute Gasteiger partial charge is 0.359 e. The van der Waals surface area contributed by atoms with E-state index >= 15 is 0 Å². The van der Waals surface area contributed by atoms with E-state index in [2.05, 4.69) is 5.32 Å². The van der Waals surface area contributed by atoms with E-state index in [-0.39, 0.29) is 29.5 Å². The summed E-state index contributed by atoms with van der Waals surface area (Å²) in [6.45, 7) is 0. The van der Waals surface area contributed by atoms with E-state index in [4.69, 9.17) is 4.74 Å². The van der Waals surface area contributed by atoms with Gasteiger partial charge in [0.05, 0.1) is 12.2 Å². The van der Waals surface area contributed by atoms with Gasteiger partial charge in [-0.2, -0.15) is 0 Å². The maximum Gasteiger partial charge on any atom is 0.359 e. The maximum absolute atomic E-state index is 13.3. The quantitative estimate of drug-likeness (QED) is 0.379. The predicted octanol–water partition coefficient (Wildman–Crippen LogP) is 3.73. The van der Waals surface area contributed by atoms with Gasteiger partial charge in [-0.3, -0.25) is 14.5 Å². The van der Waals surface area contributed by atoms with Crippen molar-refractivity contribution in [3.63, 3.8) is 0 Å². The number of carbonyl (C=O) groups is 3. The number of aliphatic hydroxyl groups is 1. The average Bonchev–Trinajstić information content (AvgIpc) is 2.91. The molecule has 36 heavy (non-hydrogen) atoms. The topological polar surface area (TPSA) is 95.9 Å². The number of carbonyl (C=O) groups excluding carboxylic acids is 3. The lowest BCUT2D eigenvalue weighted by molar-refractivity contribution is -0.155. The summed E-state index contributed by atoms with van der Waals surface area (Å²) in [6, 6.07) is 27.0. The number of nitrogens with one attached hydrogen (secondary N) is 1. The largest absolute Gasteiger partial charge is 0.509 e. The molecule has 3 aromatic rings. The summed E-state index contributed by atoms with van der Waals surface area (Å²) in [5.74, 6) is -1.62. The van der Waals surface area contributed by atoms with Crippen molar-refractivity contribution in [2.45, 2.75) is 23.9 Å². The number of β-lactam (4-membered cyclic amide) rings is 1. The van der Waals surface area contributed by atoms with Gasteiger partial charge in [-0.1, -0.05) is 91.0 Å². The third kappa shape index (κ3) is 4.72. The third-order valence-corrected chi connectivity index (χ3v) is 7.36. The molecule has 0 aromatic heterocycles. The fraction of sp³-hybridized carbons (Fsp3) is 0.179. The molecule has 0 spiro atoms. The zero-order valence-electron chi connectivity index (χ0n) is 19.2. The van der Waals surface area contributed by atoms with Crippen molar-refractivity contribution in [1.29, 1.82) is 0 Å². The molecular weight excluding hydrogens is 476 g/mol. The molecule has 0 aliphatic carbocycles. The SMILES string of the molecule is O=C(Cc1ccccc1)N[C@@H]1C(=O)N2C(C(=O)OC(c3ccccc3)c3ccccc3)=C(O)CS[C@H]12. The average molecular weight is 501 g/mol. The zero-order valence-corrected chi connectivity index (χ0v) is 20.1. The number of fused-ring (bicyclic) bond motifs is 1. The summed E-state index contributed by atoms with van der Waals surface area (Å²) in [5.41, 5.74) is 2.19. The highest BCUT2D eigenvalue weighted by Crippen LogP contribution is 2.41. The molecule has 1 fully saturated rings. The van der Waals surface area contributed by atoms with Gasteiger partial charge in [-0.25, -0.2) is 4.79 Å². The first-order valence-corrected chi connectivity index (χ1v) is 12.6. The summed E-state index contributed by atoms with van der Waals surface area (Å²) in [7, 11) is 0. The van der Waals surface area contributed by atoms with E-state index in [1.807, 2.05) is 91.0 Å². The van der Waals surface area contributed by atoms with Crippen molar-refractivity contribution in [2.75, 3.05) is 5.75 Å². The first-order valence-electron chi connectivity index (χ1n) is 11.5. The first kappa shape index (κ1) is 23.7. The Morgan fingerprint density at radius 1 is 0.944 bits per heavy atom. The van der Waals surface area contributed by atoms with E-state index in [0.29, 0.717) is 0 Å². The molecule has 3 aromatic carbocycles. The van der Waals surface area contributed by atoms with Crippen molar-refractivity contribution in [3.05, 3.63) is 119 Å². The number of nitrogens with zero attached hydrogens (tertiary/aromatic N) is 1. The van der Waals surface area contributed by atoms with Crippen LogP contribution in [0.5, 0.6) is 0 Å². The van der Waals surface area contributed by atoms with E-state index in [9.17, 15) is 19.5 Å². The summed E-state index contributed by atoms with van der Waals surface area (Å²) in [5, 5.41) is 12.8. The van der Waals surface area contributed by atoms with Crippen molar-refractivity contribution >= 4 is 29.5 Å². The molecule has 1 saturated heterocycles. The number of rotatable bonds is 7. The number of aliphatic hydroxyl groups excluding tert-OH is 1. The summed E-state index contributed by atoms with van der Waals surface area (Å²) < 4.78 is 5.88. The first-order chi connectivity index (χ1) is 17.5. The highest BCUT2D eigenvalue weighted by molar-refractivity contribution is 8.00. The van der Waals surface area contributed by atoms with Crippen LogP contribution in [-0.2, 0) is 25.5 Å². The standard InChI is InChI=1S/C28H24N2O5S/c31-21-17-36-27-23(29-22(32)16-18-10-4-1-5-11-18)26(33)30(27)24(21)28(34)35-25(19-12-6-2-7-13-19)20-14-8-3-9-15-20/h1-15,23,25,27,31H,16-17H2,(H,29,32)/t23-,27-/m1/s1. The molecule has 0 unspecified atom stereocenters. The van der Waals surface area contributed by atoms with Gasteiger partial charge in [0, 0.05) is 0 Å². The number of hydrogen-bond acceptors (Lipinski definition) is 6. The van der Waals surface area contributed by atoms with Gasteiger partial charge in [0.1, 0.15) is 17.2 Å². The van der Waals surface area contributed by atoms with Crippen LogP contribution >= 0.6 is 11.8 Å². The van der Waals surface area contributed by atoms with E-state index in [1.165, 1.54) is 16.7 Å². The third-order valence-electron chi connectivity index (χ3n) is 6.10. The van der Waals surface area contributed by atoms with Crippen LogP contribution in [0.1, 0.15) is 22.8 Å². The number of thioether (sulfide) groups is 1. The molecule has 2 heterocycles. The molecule has 0 bridgehead atoms. The van der Waals surface area contributed by atoms with E-state index in [1.54, 1.807) is 0 Å². The van der Waals surface area contributed by atoms with Crippen LogP contribution in [0.2, 0.25) is 0 Å². The molecule has 2 atom stereocenters. The van der Waals surface area contributed by atoms with Gasteiger partial charge in [0.15, 0.2) is 11.8 Å². The van der Waals surface area contributed by atoms with Crippen molar-refractivity contribution in [2.24, 2.45) is 0 Å². The molecular formula is C28H24N2O5S. The number of esters is 1. The predicted molar refractivity (Wildman–Crippen MR) is 136 cm³/mol. The zero-order chi connectivity index (χ0) is 25.1. The minimum Gasteiger partial charge on any atom is -0.509 e. The number of benzene rings is 3. The second-order valence-corrected chi connectivity index (χ2v) is 9.62. The Morgan fingerprint density at radius 3 is 2.08 bits per heavy atom. The normalized spacial score (nSPS) is 18.9. The molecule has 8 heteroatoms. The fourth-order valence-electron chi connectivity index (χ4n) is 4.35. The van der Waals surface area contributed by atoms with Crippen molar-refractivity contribution in [1.82, 2.24) is 10.2 Å². The molecule has 7 nitrogen and oxygen atoms in total. The molecule has 2 N–H and O–H groups in total. The molecule has 0 radical (unpaired) electrons. The second kappa shape index (κ2) is 10.3. The lowest BCUT2D eigenvalue weighted by Crippen LogP contribution is -2.70. The molecule has 5 rings (SSSR count). The van der Waals surface area contributed by atoms with Crippen molar-refractivity contribution < 1.29 is 24.2 Å². The monoisotopic (exact) mass is 500 g/mol. The Labute approximate surface area is 212 Å². The van der Waals surface area contributed by atoms with Crippen LogP contribution in [0.4, 0.5) is 0 Å². The Bertz CT molecular complexity index is 1260. The highest BCUT2D eigenvalue weighted by Gasteiger charge is 2.55. The van der Waals surface area contributed by atoms with Crippen molar-refractivity contribution in [3.8, 4) is 0 Å². The Balaban J connectivity index is 1.32. The van der Waals surface area contributed by atoms with Gasteiger partial charge in [0.2, 0.25) is 5.91 Å². The Morgan fingerprint density at radius 2 is 1.50 bits per heavy atom. The molecule has 2 aliphatic rings. The summed E-state index contributed by atoms with van der Waals surface area (Å²) >= 11 is 1.29. The van der Waals surface area contributed by atoms with Gasteiger partial charge in [0.25, 0.3) is 5.91 Å². The lowest BCUT2D eigenvalue weighted by Gasteiger charge is -2.48. The van der Waals surface area contributed by atoms with Crippen LogP contribution in [-0.4, -0.2) is 45.0 Å². The molecule has 0 saturated carbocycles. The van der Waals surface area contributed by atoms with Crippen LogP contribution in [0.15, 0.2) is 102 Å². The van der Waals surface area contributed by atoms with Crippen LogP contribution < -0.4 is 5.32 Å². The van der Waals surface area contributed by atoms with Gasteiger partial charge >= 0.3 is 5.97 Å². The van der Waals surface area contributed by atoms with Gasteiger partial charge in [-0.15, -0.1) is 11.8 Å². The number of hydrogen-bond donors (Lipinski definition) is 2. The fourth-order valence-corrected chi connectivity index (χ4v) is 5.55. The minimum atomic E-state index is -0.794. The maximum atomic E-state index is 13.3. The van der Waals surface area contributed by atoms with E-state index < -0.39 is 29.4 Å². The Hall–Kier alpha value is -4.04. The number of amides is 2. The number of ether oxygens (including phenoxy) is 1.